The lowest BCUT2D eigenvalue weighted by atomic mass is 9.88. The lowest BCUT2D eigenvalue weighted by Crippen LogP contribution is -1.97. The zero-order valence-electron chi connectivity index (χ0n) is 29.6. The molecule has 0 N–H and O–H groups in total. The fraction of sp³-hybridized carbons (Fsp3) is 0. The molecule has 0 bridgehead atoms. The van der Waals surface area contributed by atoms with E-state index in [1.165, 1.54) is 32.5 Å². The van der Waals surface area contributed by atoms with Gasteiger partial charge in [-0.05, 0) is 98.0 Å². The zero-order valence-corrected chi connectivity index (χ0v) is 29.6. The Morgan fingerprint density at radius 1 is 0.418 bits per heavy atom. The molecule has 0 amide bonds. The number of para-hydroxylation sites is 1. The van der Waals surface area contributed by atoms with Crippen molar-refractivity contribution in [1.82, 2.24) is 14.5 Å². The zero-order chi connectivity index (χ0) is 36.5. The van der Waals surface area contributed by atoms with Crippen LogP contribution in [0.3, 0.4) is 0 Å². The third-order valence-electron chi connectivity index (χ3n) is 11.0. The Morgan fingerprint density at radius 2 is 0.945 bits per heavy atom. The number of hydrogen-bond donors (Lipinski definition) is 0. The van der Waals surface area contributed by atoms with E-state index in [0.29, 0.717) is 11.4 Å². The highest BCUT2D eigenvalue weighted by Gasteiger charge is 2.19. The summed E-state index contributed by atoms with van der Waals surface area (Å²) in [5, 5.41) is 19.2. The van der Waals surface area contributed by atoms with E-state index in [-0.39, 0.29) is 0 Å². The first-order valence-corrected chi connectivity index (χ1v) is 18.5. The number of rotatable bonds is 5. The topological polar surface area (TPSA) is 54.5 Å². The summed E-state index contributed by atoms with van der Waals surface area (Å²) < 4.78 is 2.29. The van der Waals surface area contributed by atoms with Gasteiger partial charge in [-0.2, -0.15) is 5.26 Å². The van der Waals surface area contributed by atoms with E-state index < -0.39 is 0 Å². The Hall–Kier alpha value is -7.61. The van der Waals surface area contributed by atoms with Crippen LogP contribution in [0.25, 0.3) is 105 Å². The van der Waals surface area contributed by atoms with Crippen molar-refractivity contribution >= 4 is 54.1 Å². The third kappa shape index (κ3) is 4.91. The summed E-state index contributed by atoms with van der Waals surface area (Å²) in [6, 6.07) is 66.1. The number of fused-ring (bicyclic) bond motifs is 3. The molecule has 0 spiro atoms. The van der Waals surface area contributed by atoms with Crippen molar-refractivity contribution in [3.8, 4) is 56.8 Å². The lowest BCUT2D eigenvalue weighted by molar-refractivity contribution is 1.18. The summed E-state index contributed by atoms with van der Waals surface area (Å²) in [6.07, 6.45) is 0. The van der Waals surface area contributed by atoms with Gasteiger partial charge in [0, 0.05) is 33.2 Å². The first-order valence-electron chi connectivity index (χ1n) is 18.5. The minimum atomic E-state index is 0.651. The van der Waals surface area contributed by atoms with Gasteiger partial charge in [0.1, 0.15) is 0 Å². The third-order valence-corrected chi connectivity index (χ3v) is 11.0. The van der Waals surface area contributed by atoms with Gasteiger partial charge in [-0.25, -0.2) is 9.97 Å². The SMILES string of the molecule is N#Cc1ccc2c(c1)c1cc(-c3ccc4ccc5c(-c6nc(-c7ccccc7)cc(-c7ccccc7)n6)ccc6ccc3c4c65)ccc1n2-c1ccccc1. The molecule has 2 aromatic heterocycles. The lowest BCUT2D eigenvalue weighted by Gasteiger charge is -2.17. The predicted molar refractivity (Wildman–Crippen MR) is 227 cm³/mol. The van der Waals surface area contributed by atoms with Crippen LogP contribution in [0.5, 0.6) is 0 Å². The normalized spacial score (nSPS) is 11.6. The minimum absolute atomic E-state index is 0.651. The van der Waals surface area contributed by atoms with Crippen LogP contribution in [0.15, 0.2) is 182 Å². The Balaban J connectivity index is 1.13. The van der Waals surface area contributed by atoms with Crippen LogP contribution in [0, 0.1) is 11.3 Å². The van der Waals surface area contributed by atoms with E-state index in [1.54, 1.807) is 0 Å². The average Bonchev–Trinajstić information content (AvgIpc) is 3.59. The second-order valence-corrected chi connectivity index (χ2v) is 14.1. The van der Waals surface area contributed by atoms with E-state index >= 15 is 0 Å². The van der Waals surface area contributed by atoms with Crippen LogP contribution in [-0.2, 0) is 0 Å². The van der Waals surface area contributed by atoms with Gasteiger partial charge in [0.05, 0.1) is 34.1 Å². The molecule has 0 aliphatic rings. The molecular weight excluding hydrogens is 669 g/mol. The van der Waals surface area contributed by atoms with Crippen LogP contribution in [-0.4, -0.2) is 14.5 Å². The Kier molecular flexibility index (Phi) is 6.89. The molecule has 4 heteroatoms. The van der Waals surface area contributed by atoms with E-state index in [4.69, 9.17) is 9.97 Å². The van der Waals surface area contributed by atoms with Gasteiger partial charge in [0.2, 0.25) is 0 Å². The maximum absolute atomic E-state index is 9.84. The smallest absolute Gasteiger partial charge is 0.161 e. The molecule has 55 heavy (non-hydrogen) atoms. The first kappa shape index (κ1) is 31.0. The summed E-state index contributed by atoms with van der Waals surface area (Å²) in [7, 11) is 0. The molecule has 0 aliphatic carbocycles. The Bertz CT molecular complexity index is 3250. The molecule has 2 heterocycles. The number of benzene rings is 9. The number of aromatic nitrogens is 3. The van der Waals surface area contributed by atoms with Crippen LogP contribution in [0.2, 0.25) is 0 Å². The van der Waals surface area contributed by atoms with Crippen molar-refractivity contribution in [3.05, 3.63) is 188 Å². The molecule has 0 unspecified atom stereocenters. The van der Waals surface area contributed by atoms with Gasteiger partial charge in [-0.3, -0.25) is 0 Å². The van der Waals surface area contributed by atoms with Gasteiger partial charge in [-0.15, -0.1) is 0 Å². The summed E-state index contributed by atoms with van der Waals surface area (Å²) in [5.41, 5.74) is 11.1. The van der Waals surface area contributed by atoms with Gasteiger partial charge in [-0.1, -0.05) is 127 Å². The maximum Gasteiger partial charge on any atom is 0.161 e. The Morgan fingerprint density at radius 3 is 1.56 bits per heavy atom. The molecule has 0 fully saturated rings. The highest BCUT2D eigenvalue weighted by molar-refractivity contribution is 6.27. The molecule has 0 saturated carbocycles. The van der Waals surface area contributed by atoms with E-state index in [9.17, 15) is 5.26 Å². The summed E-state index contributed by atoms with van der Waals surface area (Å²) in [4.78, 5) is 10.4. The summed E-state index contributed by atoms with van der Waals surface area (Å²) in [5.74, 6) is 0.704. The molecule has 254 valence electrons. The number of nitrogens with zero attached hydrogens (tertiary/aromatic N) is 4. The molecule has 0 aliphatic heterocycles. The molecule has 0 radical (unpaired) electrons. The van der Waals surface area contributed by atoms with Crippen molar-refractivity contribution in [2.75, 3.05) is 0 Å². The quantitative estimate of drug-likeness (QED) is 0.168. The largest absolute Gasteiger partial charge is 0.309 e. The van der Waals surface area contributed by atoms with Crippen LogP contribution in [0.4, 0.5) is 0 Å². The minimum Gasteiger partial charge on any atom is -0.309 e. The highest BCUT2D eigenvalue weighted by Crippen LogP contribution is 2.43. The molecule has 4 nitrogen and oxygen atoms in total. The number of hydrogen-bond acceptors (Lipinski definition) is 3. The van der Waals surface area contributed by atoms with Gasteiger partial charge in [0.25, 0.3) is 0 Å². The van der Waals surface area contributed by atoms with Crippen LogP contribution < -0.4 is 0 Å². The van der Waals surface area contributed by atoms with Crippen molar-refractivity contribution in [2.45, 2.75) is 0 Å². The molecule has 11 aromatic rings. The second kappa shape index (κ2) is 12.2. The average molecular weight is 699 g/mol. The first-order chi connectivity index (χ1) is 27.2. The van der Waals surface area contributed by atoms with Gasteiger partial charge < -0.3 is 4.57 Å². The maximum atomic E-state index is 9.84. The van der Waals surface area contributed by atoms with E-state index in [0.717, 1.165) is 66.5 Å². The van der Waals surface area contributed by atoms with Crippen molar-refractivity contribution in [1.29, 1.82) is 5.26 Å². The fourth-order valence-corrected chi connectivity index (χ4v) is 8.44. The van der Waals surface area contributed by atoms with Crippen molar-refractivity contribution in [3.63, 3.8) is 0 Å². The van der Waals surface area contributed by atoms with Gasteiger partial charge in [0.15, 0.2) is 5.82 Å². The summed E-state index contributed by atoms with van der Waals surface area (Å²) in [6.45, 7) is 0. The predicted octanol–water partition coefficient (Wildman–Crippen LogP) is 13.0. The molecule has 0 saturated heterocycles. The van der Waals surface area contributed by atoms with E-state index in [1.807, 2.05) is 30.3 Å². The van der Waals surface area contributed by atoms with Crippen molar-refractivity contribution in [2.24, 2.45) is 0 Å². The molecule has 0 atom stereocenters. The van der Waals surface area contributed by atoms with Gasteiger partial charge >= 0.3 is 0 Å². The van der Waals surface area contributed by atoms with Crippen LogP contribution in [0.1, 0.15) is 5.56 Å². The van der Waals surface area contributed by atoms with Crippen LogP contribution >= 0.6 is 0 Å². The summed E-state index contributed by atoms with van der Waals surface area (Å²) >= 11 is 0. The molecule has 11 rings (SSSR count). The second-order valence-electron chi connectivity index (χ2n) is 14.1. The molecular formula is C51H30N4. The number of nitriles is 1. The Labute approximate surface area is 317 Å². The fourth-order valence-electron chi connectivity index (χ4n) is 8.44. The molecule has 9 aromatic carbocycles. The monoisotopic (exact) mass is 698 g/mol. The van der Waals surface area contributed by atoms with Crippen molar-refractivity contribution < 1.29 is 0 Å². The highest BCUT2D eigenvalue weighted by atomic mass is 15.0. The van der Waals surface area contributed by atoms with E-state index in [2.05, 4.69) is 162 Å². The standard InChI is InChI=1S/C51H30N4/c52-31-32-16-26-47-43(28-32)44-29-37(21-27-48(44)55(47)38-14-8-3-9-15-38)39-22-17-35-19-24-41-42(25-20-36-18-23-40(39)49(35)50(36)41)51-53-45(33-10-4-1-5-11-33)30-46(54-51)34-12-6-2-7-13-34/h1-30H.